The smallest absolute Gasteiger partial charge is 0.240 e. The number of pyridine rings is 1. The number of benzene rings is 1. The lowest BCUT2D eigenvalue weighted by Gasteiger charge is -2.46. The van der Waals surface area contributed by atoms with Crippen LogP contribution in [-0.2, 0) is 4.79 Å². The molecule has 1 amide bonds. The summed E-state index contributed by atoms with van der Waals surface area (Å²) in [6, 6.07) is 10.6. The first-order valence-electron chi connectivity index (χ1n) is 11.1. The summed E-state index contributed by atoms with van der Waals surface area (Å²) in [5.41, 5.74) is 14.2. The minimum atomic E-state index is -0.169. The Bertz CT molecular complexity index is 906. The zero-order valence-corrected chi connectivity index (χ0v) is 17.1. The molecule has 3 aliphatic rings. The lowest BCUT2D eigenvalue weighted by atomic mass is 9.80. The lowest BCUT2D eigenvalue weighted by Crippen LogP contribution is -2.69. The van der Waals surface area contributed by atoms with Crippen molar-refractivity contribution >= 4 is 22.5 Å². The molecule has 2 aromatic rings. The molecule has 5 rings (SSSR count). The zero-order valence-electron chi connectivity index (χ0n) is 17.1. The predicted molar refractivity (Wildman–Crippen MR) is 117 cm³/mol. The summed E-state index contributed by atoms with van der Waals surface area (Å²) in [5, 5.41) is 12.1. The second-order valence-corrected chi connectivity index (χ2v) is 8.87. The number of hydrogen-bond acceptors (Lipinski definition) is 7. The summed E-state index contributed by atoms with van der Waals surface area (Å²) in [7, 11) is 0. The number of hydrazine groups is 1. The number of nitrogens with one attached hydrogen (secondary N) is 5. The number of anilines is 1. The zero-order chi connectivity index (χ0) is 20.5. The van der Waals surface area contributed by atoms with Gasteiger partial charge < -0.3 is 11.1 Å². The quantitative estimate of drug-likeness (QED) is 0.447. The minimum Gasteiger partial charge on any atom is -0.369 e. The van der Waals surface area contributed by atoms with Crippen LogP contribution in [0.5, 0.6) is 0 Å². The van der Waals surface area contributed by atoms with Gasteiger partial charge in [0.1, 0.15) is 0 Å². The van der Waals surface area contributed by atoms with Crippen LogP contribution in [0.1, 0.15) is 32.1 Å². The van der Waals surface area contributed by atoms with Crippen molar-refractivity contribution in [1.82, 2.24) is 26.5 Å². The monoisotopic (exact) mass is 409 g/mol. The predicted octanol–water partition coefficient (Wildman–Crippen LogP) is 1.02. The molecule has 1 aromatic heterocycles. The van der Waals surface area contributed by atoms with Crippen LogP contribution in [0.2, 0.25) is 0 Å². The number of fused-ring (bicyclic) bond motifs is 2. The van der Waals surface area contributed by atoms with Crippen molar-refractivity contribution in [3.8, 4) is 0 Å². The summed E-state index contributed by atoms with van der Waals surface area (Å²) in [6.07, 6.45) is 7.27. The molecule has 6 atom stereocenters. The van der Waals surface area contributed by atoms with E-state index in [1.807, 2.05) is 18.2 Å². The highest BCUT2D eigenvalue weighted by atomic mass is 16.2. The van der Waals surface area contributed by atoms with Crippen LogP contribution >= 0.6 is 0 Å². The molecule has 0 spiro atoms. The van der Waals surface area contributed by atoms with Crippen molar-refractivity contribution in [2.45, 2.75) is 56.5 Å². The third kappa shape index (κ3) is 4.00. The molecule has 3 heterocycles. The summed E-state index contributed by atoms with van der Waals surface area (Å²) >= 11 is 0. The number of carbonyl (C=O) groups is 1. The highest BCUT2D eigenvalue weighted by Gasteiger charge is 2.44. The van der Waals surface area contributed by atoms with Gasteiger partial charge in [-0.15, -0.1) is 0 Å². The largest absolute Gasteiger partial charge is 0.369 e. The molecule has 1 aromatic carbocycles. The third-order valence-electron chi connectivity index (χ3n) is 6.82. The van der Waals surface area contributed by atoms with E-state index in [1.165, 1.54) is 12.8 Å². The molecule has 1 aliphatic carbocycles. The van der Waals surface area contributed by atoms with Crippen LogP contribution in [-0.4, -0.2) is 41.9 Å². The number of rotatable bonds is 4. The number of aromatic nitrogens is 1. The molecule has 3 fully saturated rings. The summed E-state index contributed by atoms with van der Waals surface area (Å²) < 4.78 is 0. The average Bonchev–Trinajstić information content (AvgIpc) is 2.75. The van der Waals surface area contributed by atoms with Crippen molar-refractivity contribution in [3.05, 3.63) is 36.5 Å². The molecule has 8 nitrogen and oxygen atoms in total. The standard InChI is InChI=1S/C22H31N7O/c23-16-5-1-2-6-18(16)27-19-11-14-12-25-29-22(30)20(14)21(28-19)26-15-7-8-17-13(10-15)4-3-9-24-17/h3-4,7-10,14,16,18-21,25-28H,1-2,5-6,11-12,23H2,(H,29,30)/t14?,16-,18+,19?,20?,21?/m0/s1. The number of piperidine rings is 1. The SMILES string of the molecule is N[C@H]1CCCC[C@H]1NC1CC2CNNC(=O)C2C(Nc2ccc3ncccc3c2)N1. The molecule has 7 N–H and O–H groups in total. The molecular formula is C22H31N7O. The Kier molecular flexibility index (Phi) is 5.56. The van der Waals surface area contributed by atoms with Crippen LogP contribution in [0.3, 0.4) is 0 Å². The summed E-state index contributed by atoms with van der Waals surface area (Å²) in [6.45, 7) is 0.771. The van der Waals surface area contributed by atoms with Crippen molar-refractivity contribution in [3.63, 3.8) is 0 Å². The Labute approximate surface area is 176 Å². The molecule has 4 unspecified atom stereocenters. The Morgan fingerprint density at radius 3 is 2.97 bits per heavy atom. The maximum absolute atomic E-state index is 12.7. The second kappa shape index (κ2) is 8.47. The fraction of sp³-hybridized carbons (Fsp3) is 0.545. The molecule has 160 valence electrons. The number of hydrogen-bond donors (Lipinski definition) is 6. The van der Waals surface area contributed by atoms with Crippen LogP contribution in [0.25, 0.3) is 10.9 Å². The van der Waals surface area contributed by atoms with Gasteiger partial charge in [-0.25, -0.2) is 5.43 Å². The fourth-order valence-electron chi connectivity index (χ4n) is 5.26. The van der Waals surface area contributed by atoms with E-state index in [0.717, 1.165) is 42.4 Å². The van der Waals surface area contributed by atoms with Gasteiger partial charge in [-0.2, -0.15) is 0 Å². The van der Waals surface area contributed by atoms with Gasteiger partial charge in [-0.1, -0.05) is 18.9 Å². The molecule has 1 saturated carbocycles. The van der Waals surface area contributed by atoms with Crippen molar-refractivity contribution in [2.24, 2.45) is 17.6 Å². The Morgan fingerprint density at radius 2 is 2.07 bits per heavy atom. The van der Waals surface area contributed by atoms with Gasteiger partial charge in [0.15, 0.2) is 0 Å². The first-order chi connectivity index (χ1) is 14.7. The van der Waals surface area contributed by atoms with Gasteiger partial charge in [-0.05, 0) is 49.4 Å². The first kappa shape index (κ1) is 19.7. The molecular weight excluding hydrogens is 378 g/mol. The Morgan fingerprint density at radius 1 is 1.17 bits per heavy atom. The lowest BCUT2D eigenvalue weighted by molar-refractivity contribution is -0.133. The Hall–Kier alpha value is -2.26. The third-order valence-corrected chi connectivity index (χ3v) is 6.82. The van der Waals surface area contributed by atoms with Crippen molar-refractivity contribution in [2.75, 3.05) is 11.9 Å². The number of nitrogens with two attached hydrogens (primary N) is 1. The van der Waals surface area contributed by atoms with E-state index in [1.54, 1.807) is 6.20 Å². The van der Waals surface area contributed by atoms with E-state index in [0.29, 0.717) is 6.04 Å². The van der Waals surface area contributed by atoms with Crippen molar-refractivity contribution < 1.29 is 4.79 Å². The fourth-order valence-corrected chi connectivity index (χ4v) is 5.26. The van der Waals surface area contributed by atoms with Gasteiger partial charge in [0.25, 0.3) is 0 Å². The van der Waals surface area contributed by atoms with E-state index in [-0.39, 0.29) is 36.1 Å². The van der Waals surface area contributed by atoms with E-state index < -0.39 is 0 Å². The molecule has 2 saturated heterocycles. The summed E-state index contributed by atoms with van der Waals surface area (Å²) in [4.78, 5) is 17.1. The van der Waals surface area contributed by atoms with E-state index in [2.05, 4.69) is 43.9 Å². The van der Waals surface area contributed by atoms with Crippen molar-refractivity contribution in [1.29, 1.82) is 0 Å². The normalized spacial score (nSPS) is 34.2. The molecule has 0 radical (unpaired) electrons. The van der Waals surface area contributed by atoms with Gasteiger partial charge in [-0.3, -0.25) is 25.8 Å². The highest BCUT2D eigenvalue weighted by molar-refractivity contribution is 5.83. The van der Waals surface area contributed by atoms with Crippen LogP contribution in [0, 0.1) is 11.8 Å². The highest BCUT2D eigenvalue weighted by Crippen LogP contribution is 2.30. The second-order valence-electron chi connectivity index (χ2n) is 8.87. The minimum absolute atomic E-state index is 0.0338. The van der Waals surface area contributed by atoms with Crippen LogP contribution in [0.15, 0.2) is 36.5 Å². The van der Waals surface area contributed by atoms with Gasteiger partial charge in [0.05, 0.1) is 23.8 Å². The van der Waals surface area contributed by atoms with Gasteiger partial charge in [0.2, 0.25) is 5.91 Å². The van der Waals surface area contributed by atoms with Gasteiger partial charge in [0, 0.05) is 35.9 Å². The molecule has 0 bridgehead atoms. The molecule has 8 heteroatoms. The molecule has 30 heavy (non-hydrogen) atoms. The maximum Gasteiger partial charge on any atom is 0.240 e. The maximum atomic E-state index is 12.7. The van der Waals surface area contributed by atoms with E-state index >= 15 is 0 Å². The number of carbonyl (C=O) groups excluding carboxylic acids is 1. The summed E-state index contributed by atoms with van der Waals surface area (Å²) in [5.74, 6) is 0.136. The van der Waals surface area contributed by atoms with Crippen LogP contribution in [0.4, 0.5) is 5.69 Å². The topological polar surface area (TPSA) is 116 Å². The van der Waals surface area contributed by atoms with Crippen LogP contribution < -0.4 is 32.5 Å². The number of nitrogens with zero attached hydrogens (tertiary/aromatic N) is 1. The van der Waals surface area contributed by atoms with E-state index in [4.69, 9.17) is 5.73 Å². The number of amides is 1. The Balaban J connectivity index is 1.36. The average molecular weight is 410 g/mol. The molecule has 2 aliphatic heterocycles. The van der Waals surface area contributed by atoms with Gasteiger partial charge >= 0.3 is 0 Å². The van der Waals surface area contributed by atoms with E-state index in [9.17, 15) is 4.79 Å². The first-order valence-corrected chi connectivity index (χ1v) is 11.1.